The number of quaternary nitrogens is 1. The van der Waals surface area contributed by atoms with Gasteiger partial charge in [-0.25, -0.2) is 4.57 Å². The van der Waals surface area contributed by atoms with Crippen molar-refractivity contribution >= 4 is 19.8 Å². The van der Waals surface area contributed by atoms with Crippen LogP contribution >= 0.6 is 7.82 Å². The Hall–Kier alpha value is -1.77. The summed E-state index contributed by atoms with van der Waals surface area (Å²) < 4.78 is 34.2. The van der Waals surface area contributed by atoms with E-state index in [9.17, 15) is 19.0 Å². The van der Waals surface area contributed by atoms with Crippen molar-refractivity contribution < 1.29 is 42.1 Å². The van der Waals surface area contributed by atoms with Gasteiger partial charge < -0.3 is 18.9 Å². The summed E-state index contributed by atoms with van der Waals surface area (Å²) in [6, 6.07) is 0. The summed E-state index contributed by atoms with van der Waals surface area (Å²) in [6.07, 6.45) is 40.5. The van der Waals surface area contributed by atoms with Crippen molar-refractivity contribution in [2.45, 2.75) is 187 Å². The minimum atomic E-state index is -4.38. The molecule has 0 rings (SSSR count). The van der Waals surface area contributed by atoms with Gasteiger partial charge in [0.2, 0.25) is 0 Å². The quantitative estimate of drug-likeness (QED) is 0.0216. The van der Waals surface area contributed by atoms with Gasteiger partial charge in [0, 0.05) is 12.8 Å². The first kappa shape index (κ1) is 52.2. The van der Waals surface area contributed by atoms with E-state index in [0.29, 0.717) is 23.9 Å². The molecule has 54 heavy (non-hydrogen) atoms. The number of esters is 2. The Bertz CT molecular complexity index is 1020. The van der Waals surface area contributed by atoms with Gasteiger partial charge in [-0.15, -0.1) is 0 Å². The second-order valence-electron chi connectivity index (χ2n) is 15.7. The number of allylic oxidation sites excluding steroid dienone is 6. The van der Waals surface area contributed by atoms with Crippen LogP contribution in [0.2, 0.25) is 0 Å². The van der Waals surface area contributed by atoms with E-state index >= 15 is 0 Å². The van der Waals surface area contributed by atoms with E-state index < -0.39 is 32.5 Å². The van der Waals surface area contributed by atoms with E-state index in [-0.39, 0.29) is 26.1 Å². The second kappa shape index (κ2) is 36.8. The van der Waals surface area contributed by atoms with Crippen LogP contribution in [0.1, 0.15) is 181 Å². The summed E-state index contributed by atoms with van der Waals surface area (Å²) in [4.78, 5) is 35.3. The predicted octanol–water partition coefficient (Wildman–Crippen LogP) is 12.1. The monoisotopic (exact) mass is 785 g/mol. The van der Waals surface area contributed by atoms with Gasteiger partial charge in [0.15, 0.2) is 6.10 Å². The van der Waals surface area contributed by atoms with E-state index in [1.807, 2.05) is 21.1 Å². The molecule has 1 unspecified atom stereocenters. The molecule has 0 amide bonds. The number of hydrogen-bond donors (Lipinski definition) is 1. The summed E-state index contributed by atoms with van der Waals surface area (Å²) in [5.41, 5.74) is 0. The minimum absolute atomic E-state index is 0.0241. The lowest BCUT2D eigenvalue weighted by molar-refractivity contribution is -0.870. The van der Waals surface area contributed by atoms with Crippen LogP contribution in [0.5, 0.6) is 0 Å². The molecule has 9 nitrogen and oxygen atoms in total. The number of ether oxygens (including phenoxy) is 2. The average molecular weight is 785 g/mol. The summed E-state index contributed by atoms with van der Waals surface area (Å²) in [6.45, 7) is 4.36. The van der Waals surface area contributed by atoms with Crippen LogP contribution in [-0.2, 0) is 32.7 Å². The normalized spacial score (nSPS) is 14.0. The molecule has 0 aliphatic carbocycles. The fourth-order valence-corrected chi connectivity index (χ4v) is 6.43. The highest BCUT2D eigenvalue weighted by Crippen LogP contribution is 2.43. The molecule has 2 atom stereocenters. The lowest BCUT2D eigenvalue weighted by Gasteiger charge is -2.24. The van der Waals surface area contributed by atoms with E-state index in [1.54, 1.807) is 0 Å². The molecule has 0 saturated heterocycles. The number of rotatable bonds is 39. The number of likely N-dealkylation sites (N-methyl/N-ethyl adjacent to an activating group) is 1. The van der Waals surface area contributed by atoms with Gasteiger partial charge in [0.05, 0.1) is 27.7 Å². The van der Waals surface area contributed by atoms with Crippen LogP contribution in [0.3, 0.4) is 0 Å². The van der Waals surface area contributed by atoms with E-state index in [0.717, 1.165) is 51.4 Å². The van der Waals surface area contributed by atoms with Gasteiger partial charge in [-0.2, -0.15) is 0 Å². The lowest BCUT2D eigenvalue weighted by Crippen LogP contribution is -2.37. The van der Waals surface area contributed by atoms with Crippen LogP contribution in [0.25, 0.3) is 0 Å². The SMILES string of the molecule is CCCCCCCC/C=C/C/C=C/CCCCC(=O)OC[C@H](COP(=O)(O)OCC[N+](C)(C)C)OC(=O)CCCCC/C=C/CCCCCCCCCC. The molecule has 0 saturated carbocycles. The largest absolute Gasteiger partial charge is 0.472 e. The highest BCUT2D eigenvalue weighted by Gasteiger charge is 2.27. The molecular formula is C44H83NO8P+. The predicted molar refractivity (Wildman–Crippen MR) is 224 cm³/mol. The summed E-state index contributed by atoms with van der Waals surface area (Å²) >= 11 is 0. The maximum atomic E-state index is 12.7. The van der Waals surface area contributed by atoms with Crippen molar-refractivity contribution in [3.8, 4) is 0 Å². The third kappa shape index (κ3) is 39.9. The topological polar surface area (TPSA) is 108 Å². The molecule has 0 fully saturated rings. The van der Waals surface area contributed by atoms with Gasteiger partial charge in [-0.1, -0.05) is 134 Å². The maximum absolute atomic E-state index is 12.7. The number of phosphoric acid groups is 1. The third-order valence-corrected chi connectivity index (χ3v) is 10.1. The highest BCUT2D eigenvalue weighted by molar-refractivity contribution is 7.47. The number of hydrogen-bond acceptors (Lipinski definition) is 7. The first-order chi connectivity index (χ1) is 26.0. The molecule has 0 spiro atoms. The van der Waals surface area contributed by atoms with Gasteiger partial charge >= 0.3 is 19.8 Å². The first-order valence-corrected chi connectivity index (χ1v) is 23.2. The molecule has 0 aromatic heterocycles. The molecule has 0 heterocycles. The molecule has 0 aliphatic rings. The zero-order valence-electron chi connectivity index (χ0n) is 35.5. The van der Waals surface area contributed by atoms with Crippen molar-refractivity contribution in [2.75, 3.05) is 47.5 Å². The Balaban J connectivity index is 4.45. The number of nitrogens with zero attached hydrogens (tertiary/aromatic N) is 1. The first-order valence-electron chi connectivity index (χ1n) is 21.7. The Morgan fingerprint density at radius 1 is 0.574 bits per heavy atom. The number of carbonyl (C=O) groups excluding carboxylic acids is 2. The number of phosphoric ester groups is 1. The van der Waals surface area contributed by atoms with Crippen molar-refractivity contribution in [1.82, 2.24) is 0 Å². The number of unbranched alkanes of at least 4 members (excludes halogenated alkanes) is 19. The third-order valence-electron chi connectivity index (χ3n) is 9.14. The minimum Gasteiger partial charge on any atom is -0.462 e. The van der Waals surface area contributed by atoms with Crippen molar-refractivity contribution in [3.63, 3.8) is 0 Å². The molecule has 1 N–H and O–H groups in total. The summed E-state index contributed by atoms with van der Waals surface area (Å²) in [5, 5.41) is 0. The van der Waals surface area contributed by atoms with Crippen LogP contribution < -0.4 is 0 Å². The standard InChI is InChI=1S/C44H82NO8P/c1-6-8-10-12-14-16-18-20-22-24-26-28-30-32-34-36-43(46)50-40-42(41-52-54(48,49)51-39-38-45(3,4)5)53-44(47)37-35-33-31-29-27-25-23-21-19-17-15-13-11-9-7-2/h20,22,25-28,42H,6-19,21,23-24,29-41H2,1-5H3/p+1/b22-20+,27-25+,28-26+/t42-/m1/s1. The Kier molecular flexibility index (Phi) is 35.6. The van der Waals surface area contributed by atoms with Gasteiger partial charge in [-0.05, 0) is 70.6 Å². The number of carbonyl (C=O) groups is 2. The van der Waals surface area contributed by atoms with Crippen LogP contribution in [0.4, 0.5) is 0 Å². The second-order valence-corrected chi connectivity index (χ2v) is 17.2. The Morgan fingerprint density at radius 2 is 1.00 bits per heavy atom. The van der Waals surface area contributed by atoms with Crippen LogP contribution in [0.15, 0.2) is 36.5 Å². The van der Waals surface area contributed by atoms with Crippen LogP contribution in [-0.4, -0.2) is 74.9 Å². The van der Waals surface area contributed by atoms with E-state index in [1.165, 1.54) is 89.9 Å². The van der Waals surface area contributed by atoms with Gasteiger partial charge in [-0.3, -0.25) is 18.6 Å². The van der Waals surface area contributed by atoms with E-state index in [4.69, 9.17) is 18.5 Å². The molecule has 0 radical (unpaired) electrons. The molecule has 10 heteroatoms. The highest BCUT2D eigenvalue weighted by atomic mass is 31.2. The molecule has 0 aliphatic heterocycles. The molecule has 0 aromatic rings. The molecule has 316 valence electrons. The Labute approximate surface area is 331 Å². The fraction of sp³-hybridized carbons (Fsp3) is 0.818. The molecule has 0 aromatic carbocycles. The van der Waals surface area contributed by atoms with Crippen molar-refractivity contribution in [3.05, 3.63) is 36.5 Å². The zero-order chi connectivity index (χ0) is 40.0. The van der Waals surface area contributed by atoms with E-state index in [2.05, 4.69) is 50.3 Å². The van der Waals surface area contributed by atoms with Crippen molar-refractivity contribution in [2.24, 2.45) is 0 Å². The van der Waals surface area contributed by atoms with Crippen molar-refractivity contribution in [1.29, 1.82) is 0 Å². The average Bonchev–Trinajstić information content (AvgIpc) is 3.12. The molecular weight excluding hydrogens is 701 g/mol. The zero-order valence-corrected chi connectivity index (χ0v) is 36.3. The molecule has 0 bridgehead atoms. The fourth-order valence-electron chi connectivity index (χ4n) is 5.68. The summed E-state index contributed by atoms with van der Waals surface area (Å²) in [7, 11) is 1.45. The smallest absolute Gasteiger partial charge is 0.462 e. The lowest BCUT2D eigenvalue weighted by atomic mass is 10.1. The summed E-state index contributed by atoms with van der Waals surface area (Å²) in [5.74, 6) is -0.854. The van der Waals surface area contributed by atoms with Gasteiger partial charge in [0.1, 0.15) is 19.8 Å². The maximum Gasteiger partial charge on any atom is 0.472 e. The van der Waals surface area contributed by atoms with Crippen LogP contribution in [0, 0.1) is 0 Å². The Morgan fingerprint density at radius 3 is 1.52 bits per heavy atom. The van der Waals surface area contributed by atoms with Gasteiger partial charge in [0.25, 0.3) is 0 Å².